The summed E-state index contributed by atoms with van der Waals surface area (Å²) in [5.74, 6) is -0.154. The lowest BCUT2D eigenvalue weighted by molar-refractivity contribution is -0.137. The van der Waals surface area contributed by atoms with E-state index in [9.17, 15) is 18.0 Å². The van der Waals surface area contributed by atoms with Crippen LogP contribution in [0.3, 0.4) is 0 Å². The van der Waals surface area contributed by atoms with Gasteiger partial charge in [0.05, 0.1) is 17.8 Å². The predicted octanol–water partition coefficient (Wildman–Crippen LogP) is 2.48. The Bertz CT molecular complexity index is 724. The van der Waals surface area contributed by atoms with Crippen molar-refractivity contribution in [2.75, 3.05) is 18.1 Å². The van der Waals surface area contributed by atoms with Gasteiger partial charge < -0.3 is 9.64 Å². The molecule has 0 saturated heterocycles. The monoisotopic (exact) mass is 311 g/mol. The molecular formula is C14H12F3N3O2. The summed E-state index contributed by atoms with van der Waals surface area (Å²) in [5.41, 5.74) is -0.405. The summed E-state index contributed by atoms with van der Waals surface area (Å²) in [6.07, 6.45) is -3.02. The number of carbonyl (C=O) groups excluding carboxylic acids is 1. The third-order valence-electron chi connectivity index (χ3n) is 3.43. The predicted molar refractivity (Wildman–Crippen MR) is 71.8 cm³/mol. The number of hydrogen-bond donors (Lipinski definition) is 0. The van der Waals surface area contributed by atoms with Gasteiger partial charge in [-0.05, 0) is 24.3 Å². The molecule has 0 radical (unpaired) electrons. The minimum Gasteiger partial charge on any atom is -0.490 e. The Hall–Kier alpha value is -2.51. The molecule has 3 rings (SSSR count). The smallest absolute Gasteiger partial charge is 0.416 e. The second-order valence-corrected chi connectivity index (χ2v) is 4.83. The summed E-state index contributed by atoms with van der Waals surface area (Å²) in [6, 6.07) is 4.63. The molecular weight excluding hydrogens is 299 g/mol. The van der Waals surface area contributed by atoms with Crippen LogP contribution in [0.4, 0.5) is 18.9 Å². The minimum absolute atomic E-state index is 0.118. The highest BCUT2D eigenvalue weighted by molar-refractivity contribution is 6.06. The number of amides is 1. The van der Waals surface area contributed by atoms with Crippen molar-refractivity contribution >= 4 is 11.6 Å². The number of hydrogen-bond acceptors (Lipinski definition) is 3. The Morgan fingerprint density at radius 3 is 2.73 bits per heavy atom. The van der Waals surface area contributed by atoms with Gasteiger partial charge in [-0.25, -0.2) is 0 Å². The van der Waals surface area contributed by atoms with Crippen LogP contribution in [0.2, 0.25) is 0 Å². The Labute approximate surface area is 123 Å². The maximum absolute atomic E-state index is 12.9. The van der Waals surface area contributed by atoms with Gasteiger partial charge in [-0.2, -0.15) is 18.3 Å². The number of aromatic nitrogens is 2. The number of aryl methyl sites for hydroxylation is 1. The Morgan fingerprint density at radius 1 is 1.32 bits per heavy atom. The number of anilines is 1. The minimum atomic E-state index is -4.48. The molecule has 2 aromatic rings. The molecule has 1 aromatic heterocycles. The molecule has 0 fully saturated rings. The number of halogens is 3. The largest absolute Gasteiger partial charge is 0.490 e. The lowest BCUT2D eigenvalue weighted by Gasteiger charge is -2.30. The molecule has 0 aliphatic carbocycles. The number of benzene rings is 1. The van der Waals surface area contributed by atoms with E-state index in [0.717, 1.165) is 12.1 Å². The zero-order chi connectivity index (χ0) is 15.9. The molecule has 0 unspecified atom stereocenters. The number of nitrogens with zero attached hydrogens (tertiary/aromatic N) is 3. The summed E-state index contributed by atoms with van der Waals surface area (Å²) < 4.78 is 45.3. The van der Waals surface area contributed by atoms with E-state index in [2.05, 4.69) is 5.10 Å². The lowest BCUT2D eigenvalue weighted by Crippen LogP contribution is -2.39. The van der Waals surface area contributed by atoms with Gasteiger partial charge in [-0.15, -0.1) is 0 Å². The van der Waals surface area contributed by atoms with E-state index in [0.29, 0.717) is 5.69 Å². The van der Waals surface area contributed by atoms with E-state index in [4.69, 9.17) is 4.74 Å². The van der Waals surface area contributed by atoms with Gasteiger partial charge in [0.15, 0.2) is 0 Å². The zero-order valence-electron chi connectivity index (χ0n) is 11.6. The number of fused-ring (bicyclic) bond motifs is 1. The SMILES string of the molecule is Cn1nccc1C(=O)N1CCOc2ccc(C(F)(F)F)cc21. The average molecular weight is 311 g/mol. The van der Waals surface area contributed by atoms with Gasteiger partial charge in [-0.1, -0.05) is 0 Å². The summed E-state index contributed by atoms with van der Waals surface area (Å²) >= 11 is 0. The van der Waals surface area contributed by atoms with E-state index in [1.807, 2.05) is 0 Å². The first-order chi connectivity index (χ1) is 10.4. The van der Waals surface area contributed by atoms with Crippen LogP contribution in [-0.2, 0) is 13.2 Å². The zero-order valence-corrected chi connectivity index (χ0v) is 11.6. The van der Waals surface area contributed by atoms with Crippen LogP contribution in [0.5, 0.6) is 5.75 Å². The molecule has 0 atom stereocenters. The highest BCUT2D eigenvalue weighted by atomic mass is 19.4. The van der Waals surface area contributed by atoms with Crippen molar-refractivity contribution in [3.63, 3.8) is 0 Å². The van der Waals surface area contributed by atoms with Gasteiger partial charge >= 0.3 is 6.18 Å². The van der Waals surface area contributed by atoms with Crippen LogP contribution >= 0.6 is 0 Å². The van der Waals surface area contributed by atoms with E-state index >= 15 is 0 Å². The molecule has 116 valence electrons. The average Bonchev–Trinajstić information content (AvgIpc) is 2.90. The van der Waals surface area contributed by atoms with Crippen LogP contribution in [0.15, 0.2) is 30.5 Å². The Kier molecular flexibility index (Phi) is 3.31. The first kappa shape index (κ1) is 14.4. The van der Waals surface area contributed by atoms with Crippen LogP contribution in [0.1, 0.15) is 16.1 Å². The van der Waals surface area contributed by atoms with Crippen LogP contribution in [-0.4, -0.2) is 28.8 Å². The summed E-state index contributed by atoms with van der Waals surface area (Å²) in [4.78, 5) is 13.8. The van der Waals surface area contributed by atoms with Gasteiger partial charge in [0.2, 0.25) is 0 Å². The van der Waals surface area contributed by atoms with Gasteiger partial charge in [0.1, 0.15) is 18.1 Å². The number of ether oxygens (including phenoxy) is 1. The van der Waals surface area contributed by atoms with Gasteiger partial charge in [-0.3, -0.25) is 9.48 Å². The molecule has 5 nitrogen and oxygen atoms in total. The molecule has 2 heterocycles. The number of carbonyl (C=O) groups is 1. The molecule has 8 heteroatoms. The lowest BCUT2D eigenvalue weighted by atomic mass is 10.1. The molecule has 22 heavy (non-hydrogen) atoms. The van der Waals surface area contributed by atoms with Crippen LogP contribution < -0.4 is 9.64 Å². The maximum atomic E-state index is 12.9. The van der Waals surface area contributed by atoms with Gasteiger partial charge in [0, 0.05) is 13.2 Å². The fraction of sp³-hybridized carbons (Fsp3) is 0.286. The fourth-order valence-corrected chi connectivity index (χ4v) is 2.33. The maximum Gasteiger partial charge on any atom is 0.416 e. The van der Waals surface area contributed by atoms with E-state index in [1.54, 1.807) is 7.05 Å². The second-order valence-electron chi connectivity index (χ2n) is 4.83. The quantitative estimate of drug-likeness (QED) is 0.813. The molecule has 0 saturated carbocycles. The molecule has 0 bridgehead atoms. The number of alkyl halides is 3. The molecule has 1 aromatic carbocycles. The van der Waals surface area contributed by atoms with Crippen molar-refractivity contribution < 1.29 is 22.7 Å². The third kappa shape index (κ3) is 2.40. The van der Waals surface area contributed by atoms with E-state index in [-0.39, 0.29) is 24.6 Å². The van der Waals surface area contributed by atoms with Crippen molar-refractivity contribution in [1.82, 2.24) is 9.78 Å². The first-order valence-electron chi connectivity index (χ1n) is 6.52. The first-order valence-corrected chi connectivity index (χ1v) is 6.52. The molecule has 1 amide bonds. The highest BCUT2D eigenvalue weighted by Crippen LogP contribution is 2.38. The van der Waals surface area contributed by atoms with Gasteiger partial charge in [0.25, 0.3) is 5.91 Å². The van der Waals surface area contributed by atoms with Crippen molar-refractivity contribution in [2.24, 2.45) is 7.05 Å². The van der Waals surface area contributed by atoms with Crippen LogP contribution in [0.25, 0.3) is 0 Å². The van der Waals surface area contributed by atoms with Crippen molar-refractivity contribution in [3.8, 4) is 5.75 Å². The topological polar surface area (TPSA) is 47.4 Å². The Balaban J connectivity index is 2.03. The summed E-state index contributed by atoms with van der Waals surface area (Å²) in [7, 11) is 1.60. The second kappa shape index (κ2) is 5.04. The molecule has 0 spiro atoms. The van der Waals surface area contributed by atoms with Crippen LogP contribution in [0, 0.1) is 0 Å². The molecule has 0 N–H and O–H groups in total. The Morgan fingerprint density at radius 2 is 2.09 bits per heavy atom. The van der Waals surface area contributed by atoms with E-state index < -0.39 is 17.6 Å². The highest BCUT2D eigenvalue weighted by Gasteiger charge is 2.34. The standard InChI is InChI=1S/C14H12F3N3O2/c1-19-10(4-5-18-19)13(21)20-6-7-22-12-3-2-9(8-11(12)20)14(15,16)17/h2-5,8H,6-7H2,1H3. The molecule has 1 aliphatic rings. The summed E-state index contributed by atoms with van der Waals surface area (Å²) in [5, 5.41) is 3.90. The van der Waals surface area contributed by atoms with Crippen molar-refractivity contribution in [1.29, 1.82) is 0 Å². The molecule has 1 aliphatic heterocycles. The van der Waals surface area contributed by atoms with E-state index in [1.165, 1.54) is 27.9 Å². The number of rotatable bonds is 1. The summed E-state index contributed by atoms with van der Waals surface area (Å²) in [6.45, 7) is 0.403. The fourth-order valence-electron chi connectivity index (χ4n) is 2.33. The van der Waals surface area contributed by atoms with Crippen molar-refractivity contribution in [2.45, 2.75) is 6.18 Å². The third-order valence-corrected chi connectivity index (χ3v) is 3.43. The normalized spacial score (nSPS) is 14.5. The van der Waals surface area contributed by atoms with Crippen molar-refractivity contribution in [3.05, 3.63) is 41.7 Å².